The molecule has 4 amide bonds. The van der Waals surface area contributed by atoms with E-state index < -0.39 is 23.6 Å². The molecule has 1 saturated heterocycles. The highest BCUT2D eigenvalue weighted by molar-refractivity contribution is 8.18. The van der Waals surface area contributed by atoms with Crippen LogP contribution in [0.4, 0.5) is 16.2 Å². The van der Waals surface area contributed by atoms with E-state index >= 15 is 0 Å². The lowest BCUT2D eigenvalue weighted by Gasteiger charge is -2.14. The van der Waals surface area contributed by atoms with E-state index in [1.54, 1.807) is 42.5 Å². The molecular formula is C29H26ClN3O7S. The van der Waals surface area contributed by atoms with E-state index in [-0.39, 0.29) is 33.9 Å². The van der Waals surface area contributed by atoms with Gasteiger partial charge in [-0.1, -0.05) is 29.3 Å². The van der Waals surface area contributed by atoms with Gasteiger partial charge in [-0.2, -0.15) is 0 Å². The lowest BCUT2D eigenvalue weighted by molar-refractivity contribution is -0.127. The second kappa shape index (κ2) is 13.2. The topological polar surface area (TPSA) is 123 Å². The predicted octanol–water partition coefficient (Wildman–Crippen LogP) is 5.36. The standard InChI is InChI=1S/C29H26ClN3O7S/c1-17-4-6-19(7-5-17)32-26(35)16-40-27-22(30)12-18(13-23(27)39-3)14-24-28(36)33(29(37)41-24)15-25(34)31-20-8-10-21(38-2)11-9-20/h4-14H,15-16H2,1-3H3,(H,31,34)(H,32,35)/b24-14+. The molecule has 0 spiro atoms. The van der Waals surface area contributed by atoms with E-state index in [4.69, 9.17) is 25.8 Å². The number of benzene rings is 3. The van der Waals surface area contributed by atoms with Crippen molar-refractivity contribution in [1.29, 1.82) is 0 Å². The molecule has 212 valence electrons. The van der Waals surface area contributed by atoms with Gasteiger partial charge in [0.15, 0.2) is 18.1 Å². The summed E-state index contributed by atoms with van der Waals surface area (Å²) < 4.78 is 16.1. The van der Waals surface area contributed by atoms with E-state index in [9.17, 15) is 19.2 Å². The van der Waals surface area contributed by atoms with Crippen LogP contribution in [0.2, 0.25) is 5.02 Å². The Hall–Kier alpha value is -4.48. The Bertz CT molecular complexity index is 1510. The third-order valence-corrected chi connectivity index (χ3v) is 6.97. The van der Waals surface area contributed by atoms with Gasteiger partial charge in [-0.15, -0.1) is 0 Å². The molecule has 0 atom stereocenters. The van der Waals surface area contributed by atoms with Crippen LogP contribution < -0.4 is 24.8 Å². The molecule has 3 aromatic rings. The summed E-state index contributed by atoms with van der Waals surface area (Å²) in [6.45, 7) is 1.18. The lowest BCUT2D eigenvalue weighted by Crippen LogP contribution is -2.36. The molecule has 3 aromatic carbocycles. The summed E-state index contributed by atoms with van der Waals surface area (Å²) in [5.74, 6) is -0.539. The molecule has 0 bridgehead atoms. The number of ether oxygens (including phenoxy) is 3. The molecule has 0 unspecified atom stereocenters. The van der Waals surface area contributed by atoms with Crippen LogP contribution in [0.3, 0.4) is 0 Å². The smallest absolute Gasteiger partial charge is 0.294 e. The third-order valence-electron chi connectivity index (χ3n) is 5.78. The Morgan fingerprint density at radius 3 is 2.20 bits per heavy atom. The van der Waals surface area contributed by atoms with Crippen molar-refractivity contribution in [2.75, 3.05) is 38.0 Å². The van der Waals surface area contributed by atoms with Crippen LogP contribution in [0, 0.1) is 6.92 Å². The van der Waals surface area contributed by atoms with Crippen LogP contribution in [0.25, 0.3) is 6.08 Å². The minimum absolute atomic E-state index is 0.108. The number of imide groups is 1. The summed E-state index contributed by atoms with van der Waals surface area (Å²) >= 11 is 7.13. The van der Waals surface area contributed by atoms with Gasteiger partial charge >= 0.3 is 0 Å². The average Bonchev–Trinajstić information content (AvgIpc) is 3.20. The largest absolute Gasteiger partial charge is 0.497 e. The maximum Gasteiger partial charge on any atom is 0.294 e. The molecular weight excluding hydrogens is 570 g/mol. The number of carbonyl (C=O) groups excluding carboxylic acids is 4. The molecule has 2 N–H and O–H groups in total. The van der Waals surface area contributed by atoms with Crippen LogP contribution in [-0.2, 0) is 14.4 Å². The molecule has 12 heteroatoms. The van der Waals surface area contributed by atoms with Gasteiger partial charge in [0.25, 0.3) is 17.1 Å². The number of methoxy groups -OCH3 is 2. The summed E-state index contributed by atoms with van der Waals surface area (Å²) in [5, 5.41) is 4.93. The summed E-state index contributed by atoms with van der Waals surface area (Å²) in [4.78, 5) is 51.2. The third kappa shape index (κ3) is 7.59. The molecule has 1 fully saturated rings. The van der Waals surface area contributed by atoms with Crippen LogP contribution in [-0.4, -0.2) is 55.2 Å². The van der Waals surface area contributed by atoms with Crippen molar-refractivity contribution in [3.05, 3.63) is 81.7 Å². The normalized spacial score (nSPS) is 13.8. The number of rotatable bonds is 10. The fourth-order valence-electron chi connectivity index (χ4n) is 3.74. The Balaban J connectivity index is 1.40. The number of amides is 4. The number of thioether (sulfide) groups is 1. The number of anilines is 2. The van der Waals surface area contributed by atoms with Gasteiger partial charge in [-0.25, -0.2) is 0 Å². The van der Waals surface area contributed by atoms with Gasteiger partial charge in [0.1, 0.15) is 12.3 Å². The minimum atomic E-state index is -0.618. The lowest BCUT2D eigenvalue weighted by atomic mass is 10.1. The SMILES string of the molecule is COc1ccc(NC(=O)CN2C(=O)S/C(=C/c3cc(Cl)c(OCC(=O)Nc4ccc(C)cc4)c(OC)c3)C2=O)cc1. The molecule has 4 rings (SSSR count). The second-order valence-electron chi connectivity index (χ2n) is 8.78. The van der Waals surface area contributed by atoms with Crippen LogP contribution >= 0.6 is 23.4 Å². The van der Waals surface area contributed by atoms with Gasteiger partial charge in [0, 0.05) is 11.4 Å². The van der Waals surface area contributed by atoms with Crippen molar-refractivity contribution in [2.24, 2.45) is 0 Å². The van der Waals surface area contributed by atoms with Crippen LogP contribution in [0.5, 0.6) is 17.2 Å². The van der Waals surface area contributed by atoms with Crippen molar-refractivity contribution >= 4 is 63.8 Å². The van der Waals surface area contributed by atoms with E-state index in [2.05, 4.69) is 10.6 Å². The Morgan fingerprint density at radius 2 is 1.56 bits per heavy atom. The van der Waals surface area contributed by atoms with Crippen molar-refractivity contribution in [2.45, 2.75) is 6.92 Å². The second-order valence-corrected chi connectivity index (χ2v) is 10.2. The first kappa shape index (κ1) is 29.5. The number of hydrogen-bond donors (Lipinski definition) is 2. The summed E-state index contributed by atoms with van der Waals surface area (Å²) in [7, 11) is 2.94. The average molecular weight is 596 g/mol. The number of nitrogens with zero attached hydrogens (tertiary/aromatic N) is 1. The van der Waals surface area contributed by atoms with Gasteiger partial charge in [-0.3, -0.25) is 24.1 Å². The number of nitrogens with one attached hydrogen (secondary N) is 2. The van der Waals surface area contributed by atoms with Crippen molar-refractivity contribution in [3.63, 3.8) is 0 Å². The molecule has 0 aliphatic carbocycles. The van der Waals surface area contributed by atoms with Crippen LogP contribution in [0.1, 0.15) is 11.1 Å². The Labute approximate surface area is 245 Å². The molecule has 0 saturated carbocycles. The molecule has 1 aliphatic heterocycles. The van der Waals surface area contributed by atoms with Gasteiger partial charge in [0.2, 0.25) is 5.91 Å². The highest BCUT2D eigenvalue weighted by Gasteiger charge is 2.36. The number of halogens is 1. The van der Waals surface area contributed by atoms with E-state index in [1.807, 2.05) is 19.1 Å². The number of hydrogen-bond acceptors (Lipinski definition) is 8. The highest BCUT2D eigenvalue weighted by Crippen LogP contribution is 2.39. The molecule has 10 nitrogen and oxygen atoms in total. The first-order valence-corrected chi connectivity index (χ1v) is 13.4. The van der Waals surface area contributed by atoms with Gasteiger partial charge < -0.3 is 24.8 Å². The summed E-state index contributed by atoms with van der Waals surface area (Å²) in [6, 6.07) is 17.0. The zero-order valence-corrected chi connectivity index (χ0v) is 23.9. The highest BCUT2D eigenvalue weighted by atomic mass is 35.5. The van der Waals surface area contributed by atoms with Crippen molar-refractivity contribution in [1.82, 2.24) is 4.90 Å². The summed E-state index contributed by atoms with van der Waals surface area (Å²) in [6.07, 6.45) is 1.47. The zero-order valence-electron chi connectivity index (χ0n) is 22.4. The Morgan fingerprint density at radius 1 is 0.927 bits per heavy atom. The molecule has 0 radical (unpaired) electrons. The van der Waals surface area contributed by atoms with Gasteiger partial charge in [-0.05, 0) is 78.9 Å². The quantitative estimate of drug-likeness (QED) is 0.300. The monoisotopic (exact) mass is 595 g/mol. The maximum absolute atomic E-state index is 12.9. The van der Waals surface area contributed by atoms with E-state index in [1.165, 1.54) is 26.4 Å². The van der Waals surface area contributed by atoms with E-state index in [0.29, 0.717) is 34.4 Å². The van der Waals surface area contributed by atoms with Crippen LogP contribution in [0.15, 0.2) is 65.6 Å². The first-order chi connectivity index (χ1) is 19.7. The fraction of sp³-hybridized carbons (Fsp3) is 0.172. The Kier molecular flexibility index (Phi) is 9.53. The predicted molar refractivity (Wildman–Crippen MR) is 158 cm³/mol. The van der Waals surface area contributed by atoms with Crippen molar-refractivity contribution < 1.29 is 33.4 Å². The molecule has 1 aliphatic rings. The molecule has 41 heavy (non-hydrogen) atoms. The number of carbonyl (C=O) groups is 4. The zero-order chi connectivity index (χ0) is 29.5. The molecule has 1 heterocycles. The van der Waals surface area contributed by atoms with Crippen molar-refractivity contribution in [3.8, 4) is 17.2 Å². The first-order valence-electron chi connectivity index (χ1n) is 12.2. The fourth-order valence-corrected chi connectivity index (χ4v) is 4.85. The van der Waals surface area contributed by atoms with Gasteiger partial charge in [0.05, 0.1) is 24.1 Å². The maximum atomic E-state index is 12.9. The minimum Gasteiger partial charge on any atom is -0.497 e. The molecule has 0 aromatic heterocycles. The summed E-state index contributed by atoms with van der Waals surface area (Å²) in [5.41, 5.74) is 2.65. The van der Waals surface area contributed by atoms with E-state index in [0.717, 1.165) is 10.5 Å². The number of aryl methyl sites for hydroxylation is 1.